The molecule has 1 aromatic carbocycles. The number of ether oxygens (including phenoxy) is 1. The van der Waals surface area contributed by atoms with Crippen LogP contribution < -0.4 is 5.32 Å². The van der Waals surface area contributed by atoms with Crippen molar-refractivity contribution in [2.24, 2.45) is 0 Å². The van der Waals surface area contributed by atoms with Gasteiger partial charge in [-0.3, -0.25) is 24.6 Å². The van der Waals surface area contributed by atoms with Crippen LogP contribution in [0, 0.1) is 0 Å². The van der Waals surface area contributed by atoms with Gasteiger partial charge in [-0.05, 0) is 41.8 Å². The Morgan fingerprint density at radius 1 is 1.11 bits per heavy atom. The van der Waals surface area contributed by atoms with Gasteiger partial charge in [-0.1, -0.05) is 6.07 Å². The number of carbonyl (C=O) groups excluding carboxylic acids is 3. The van der Waals surface area contributed by atoms with Crippen LogP contribution >= 0.6 is 0 Å². The van der Waals surface area contributed by atoms with Crippen molar-refractivity contribution in [1.82, 2.24) is 24.7 Å². The van der Waals surface area contributed by atoms with Crippen LogP contribution in [0.2, 0.25) is 0 Å². The molecule has 10 heteroatoms. The summed E-state index contributed by atoms with van der Waals surface area (Å²) in [7, 11) is 0. The van der Waals surface area contributed by atoms with Gasteiger partial charge in [0.1, 0.15) is 17.9 Å². The fourth-order valence-electron chi connectivity index (χ4n) is 5.76. The average molecular weight is 504 g/mol. The molecule has 37 heavy (non-hydrogen) atoms. The minimum Gasteiger partial charge on any atom is -0.377 e. The van der Waals surface area contributed by atoms with Crippen LogP contribution in [-0.4, -0.2) is 75.6 Å². The molecule has 1 atom stereocenters. The van der Waals surface area contributed by atoms with Gasteiger partial charge in [0, 0.05) is 55.3 Å². The summed E-state index contributed by atoms with van der Waals surface area (Å²) < 4.78 is 21.1. The molecule has 1 unspecified atom stereocenters. The SMILES string of the molecule is O=C1CCC(N2Cc3cc(-c4cc(CN5CC(F)C5)c5ccn(C6COC6)c5n4)ccc3C2=O)C(=O)N1. The number of halogens is 1. The van der Waals surface area contributed by atoms with Gasteiger partial charge in [0.2, 0.25) is 11.8 Å². The van der Waals surface area contributed by atoms with Crippen LogP contribution in [0.3, 0.4) is 0 Å². The van der Waals surface area contributed by atoms with E-state index in [4.69, 9.17) is 9.72 Å². The Bertz CT molecular complexity index is 1460. The lowest BCUT2D eigenvalue weighted by molar-refractivity contribution is -0.136. The molecule has 0 radical (unpaired) electrons. The third kappa shape index (κ3) is 3.74. The Balaban J connectivity index is 1.24. The van der Waals surface area contributed by atoms with E-state index in [0.29, 0.717) is 51.4 Å². The number of carbonyl (C=O) groups is 3. The second-order valence-corrected chi connectivity index (χ2v) is 10.4. The highest BCUT2D eigenvalue weighted by molar-refractivity contribution is 6.05. The van der Waals surface area contributed by atoms with E-state index in [-0.39, 0.29) is 24.3 Å². The van der Waals surface area contributed by atoms with Gasteiger partial charge >= 0.3 is 0 Å². The van der Waals surface area contributed by atoms with E-state index in [0.717, 1.165) is 33.4 Å². The van der Waals surface area contributed by atoms with E-state index in [1.807, 2.05) is 18.3 Å². The number of piperidine rings is 1. The summed E-state index contributed by atoms with van der Waals surface area (Å²) in [5.74, 6) is -0.919. The van der Waals surface area contributed by atoms with E-state index in [1.54, 1.807) is 11.0 Å². The first-order chi connectivity index (χ1) is 17.9. The van der Waals surface area contributed by atoms with Crippen LogP contribution in [0.1, 0.15) is 40.4 Å². The number of hydrogen-bond acceptors (Lipinski definition) is 6. The maximum absolute atomic E-state index is 13.5. The zero-order chi connectivity index (χ0) is 25.3. The number of aromatic nitrogens is 2. The molecule has 3 aromatic rings. The lowest BCUT2D eigenvalue weighted by atomic mass is 10.0. The molecule has 0 aliphatic carbocycles. The molecule has 3 amide bonds. The molecule has 190 valence electrons. The number of hydrogen-bond donors (Lipinski definition) is 1. The smallest absolute Gasteiger partial charge is 0.255 e. The van der Waals surface area contributed by atoms with E-state index >= 15 is 0 Å². The summed E-state index contributed by atoms with van der Waals surface area (Å²) >= 11 is 0. The molecule has 3 fully saturated rings. The highest BCUT2D eigenvalue weighted by Crippen LogP contribution is 2.34. The molecule has 9 nitrogen and oxygen atoms in total. The van der Waals surface area contributed by atoms with Crippen molar-refractivity contribution in [3.05, 3.63) is 53.2 Å². The Labute approximate surface area is 212 Å². The molecule has 7 rings (SSSR count). The molecule has 3 saturated heterocycles. The van der Waals surface area contributed by atoms with Crippen molar-refractivity contribution in [2.45, 2.75) is 44.2 Å². The van der Waals surface area contributed by atoms with Gasteiger partial charge in [-0.2, -0.15) is 0 Å². The first kappa shape index (κ1) is 22.6. The number of likely N-dealkylation sites (tertiary alicyclic amines) is 1. The van der Waals surface area contributed by atoms with E-state index in [1.165, 1.54) is 0 Å². The first-order valence-corrected chi connectivity index (χ1v) is 12.7. The van der Waals surface area contributed by atoms with E-state index in [2.05, 4.69) is 26.9 Å². The second kappa shape index (κ2) is 8.46. The second-order valence-electron chi connectivity index (χ2n) is 10.4. The van der Waals surface area contributed by atoms with Gasteiger partial charge < -0.3 is 14.2 Å². The van der Waals surface area contributed by atoms with Crippen LogP contribution in [0.4, 0.5) is 4.39 Å². The number of rotatable bonds is 5. The van der Waals surface area contributed by atoms with Crippen molar-refractivity contribution in [1.29, 1.82) is 0 Å². The van der Waals surface area contributed by atoms with Gasteiger partial charge in [0.05, 0.1) is 24.9 Å². The van der Waals surface area contributed by atoms with Gasteiger partial charge in [-0.25, -0.2) is 9.37 Å². The minimum absolute atomic E-state index is 0.197. The molecule has 6 heterocycles. The molecular weight excluding hydrogens is 477 g/mol. The minimum atomic E-state index is -0.768. The van der Waals surface area contributed by atoms with Crippen molar-refractivity contribution < 1.29 is 23.5 Å². The fourth-order valence-corrected chi connectivity index (χ4v) is 5.76. The van der Waals surface area contributed by atoms with Crippen LogP contribution in [0.5, 0.6) is 0 Å². The summed E-state index contributed by atoms with van der Waals surface area (Å²) in [6.45, 7) is 3.13. The summed E-state index contributed by atoms with van der Waals surface area (Å²) in [5.41, 5.74) is 5.03. The number of nitrogens with zero attached hydrogens (tertiary/aromatic N) is 4. The normalized spacial score (nSPS) is 22.8. The molecule has 4 aliphatic heterocycles. The fraction of sp³-hybridized carbons (Fsp3) is 0.407. The number of amides is 3. The van der Waals surface area contributed by atoms with Gasteiger partial charge in [0.25, 0.3) is 5.91 Å². The first-order valence-electron chi connectivity index (χ1n) is 12.7. The third-order valence-corrected chi connectivity index (χ3v) is 7.91. The number of nitrogens with one attached hydrogen (secondary N) is 1. The van der Waals surface area contributed by atoms with Gasteiger partial charge in [-0.15, -0.1) is 0 Å². The average Bonchev–Trinajstić information content (AvgIpc) is 3.38. The molecule has 0 saturated carbocycles. The summed E-state index contributed by atoms with van der Waals surface area (Å²) in [5, 5.41) is 3.40. The van der Waals surface area contributed by atoms with Crippen molar-refractivity contribution >= 4 is 28.8 Å². The Morgan fingerprint density at radius 2 is 1.95 bits per heavy atom. The lowest BCUT2D eigenvalue weighted by Crippen LogP contribution is -2.52. The van der Waals surface area contributed by atoms with Crippen LogP contribution in [0.25, 0.3) is 22.3 Å². The van der Waals surface area contributed by atoms with Gasteiger partial charge in [0.15, 0.2) is 0 Å². The van der Waals surface area contributed by atoms with E-state index < -0.39 is 18.1 Å². The monoisotopic (exact) mass is 503 g/mol. The van der Waals surface area contributed by atoms with E-state index in [9.17, 15) is 18.8 Å². The number of imide groups is 1. The molecule has 0 spiro atoms. The molecular formula is C27H26FN5O4. The largest absolute Gasteiger partial charge is 0.377 e. The van der Waals surface area contributed by atoms with Crippen molar-refractivity contribution in [3.63, 3.8) is 0 Å². The highest BCUT2D eigenvalue weighted by atomic mass is 19.1. The Hall–Kier alpha value is -3.63. The maximum atomic E-state index is 13.5. The van der Waals surface area contributed by atoms with Crippen molar-refractivity contribution in [3.8, 4) is 11.3 Å². The van der Waals surface area contributed by atoms with Crippen molar-refractivity contribution in [2.75, 3.05) is 26.3 Å². The number of benzene rings is 1. The summed E-state index contributed by atoms with van der Waals surface area (Å²) in [6, 6.07) is 9.39. The van der Waals surface area contributed by atoms with Crippen LogP contribution in [0.15, 0.2) is 36.5 Å². The number of alkyl halides is 1. The Kier molecular flexibility index (Phi) is 5.16. The molecule has 4 aliphatic rings. The standard InChI is InChI=1S/C27H26FN5O4/c28-18-11-31(12-18)9-17-8-22(29-25-20(17)5-6-32(25)19-13-37-14-19)15-1-2-21-16(7-15)10-33(27(21)36)23-3-4-24(34)30-26(23)35/h1-2,5-8,18-19,23H,3-4,9-14H2,(H,30,34,35). The Morgan fingerprint density at radius 3 is 2.68 bits per heavy atom. The zero-order valence-corrected chi connectivity index (χ0v) is 20.2. The quantitative estimate of drug-likeness (QED) is 0.537. The highest BCUT2D eigenvalue weighted by Gasteiger charge is 2.39. The molecule has 0 bridgehead atoms. The zero-order valence-electron chi connectivity index (χ0n) is 20.2. The summed E-state index contributed by atoms with van der Waals surface area (Å²) in [4.78, 5) is 45.7. The number of pyridine rings is 1. The van der Waals surface area contributed by atoms with Crippen LogP contribution in [-0.2, 0) is 27.4 Å². The third-order valence-electron chi connectivity index (χ3n) is 7.91. The summed E-state index contributed by atoms with van der Waals surface area (Å²) in [6.07, 6.45) is 1.83. The topological polar surface area (TPSA) is 96.8 Å². The number of fused-ring (bicyclic) bond motifs is 2. The predicted molar refractivity (Wildman–Crippen MR) is 131 cm³/mol. The maximum Gasteiger partial charge on any atom is 0.255 e. The molecule has 1 N–H and O–H groups in total. The predicted octanol–water partition coefficient (Wildman–Crippen LogP) is 2.19. The lowest BCUT2D eigenvalue weighted by Gasteiger charge is -2.34. The molecule has 2 aromatic heterocycles.